The van der Waals surface area contributed by atoms with Gasteiger partial charge in [0.2, 0.25) is 17.6 Å². The summed E-state index contributed by atoms with van der Waals surface area (Å²) < 4.78 is 27.6. The Bertz CT molecular complexity index is 1290. The maximum Gasteiger partial charge on any atom is 0.293 e. The standard InChI is InChI=1S/C18H15FN4O5/c1-8-6-27-16-13-10(15(25)12-17(26)21-28-18(12)23(8)13)4-11(19)14(16)22-3-2-9(5-22)20-7-24/h4,7,9H,1-3,5-6H2,(H,20,24)(H,21,26). The van der Waals surface area contributed by atoms with E-state index in [4.69, 9.17) is 9.26 Å². The van der Waals surface area contributed by atoms with E-state index in [1.807, 2.05) is 0 Å². The number of amides is 1. The predicted molar refractivity (Wildman–Crippen MR) is 99.2 cm³/mol. The van der Waals surface area contributed by atoms with E-state index in [0.717, 1.165) is 6.07 Å². The maximum atomic E-state index is 15.1. The molecular weight excluding hydrogens is 371 g/mol. The number of anilines is 1. The molecular formula is C18H15FN4O5. The molecule has 1 unspecified atom stereocenters. The van der Waals surface area contributed by atoms with Crippen LogP contribution in [0.4, 0.5) is 10.1 Å². The molecule has 9 nitrogen and oxygen atoms in total. The number of pyridine rings is 1. The second-order valence-corrected chi connectivity index (χ2v) is 6.88. The quantitative estimate of drug-likeness (QED) is 0.644. The van der Waals surface area contributed by atoms with Crippen molar-refractivity contribution in [2.75, 3.05) is 24.6 Å². The summed E-state index contributed by atoms with van der Waals surface area (Å²) in [6, 6.07) is 1.01. The first kappa shape index (κ1) is 16.6. The van der Waals surface area contributed by atoms with Crippen molar-refractivity contribution in [1.82, 2.24) is 15.0 Å². The Kier molecular flexibility index (Phi) is 3.39. The molecule has 4 heterocycles. The van der Waals surface area contributed by atoms with E-state index >= 15 is 4.39 Å². The molecule has 1 aromatic carbocycles. The van der Waals surface area contributed by atoms with Crippen LogP contribution in [0.15, 0.2) is 26.8 Å². The maximum absolute atomic E-state index is 15.1. The van der Waals surface area contributed by atoms with Crippen molar-refractivity contribution in [3.05, 3.63) is 39.0 Å². The Morgan fingerprint density at radius 2 is 2.21 bits per heavy atom. The first-order chi connectivity index (χ1) is 13.5. The van der Waals surface area contributed by atoms with Gasteiger partial charge in [0.1, 0.15) is 17.8 Å². The Hall–Kier alpha value is -3.56. The molecule has 0 radical (unpaired) electrons. The lowest BCUT2D eigenvalue weighted by molar-refractivity contribution is -0.110. The lowest BCUT2D eigenvalue weighted by Gasteiger charge is -2.28. The fourth-order valence-corrected chi connectivity index (χ4v) is 4.04. The number of hydrogen-bond acceptors (Lipinski definition) is 6. The smallest absolute Gasteiger partial charge is 0.293 e. The molecule has 1 saturated heterocycles. The van der Waals surface area contributed by atoms with Gasteiger partial charge in [0.25, 0.3) is 5.56 Å². The minimum Gasteiger partial charge on any atom is -0.483 e. The summed E-state index contributed by atoms with van der Waals surface area (Å²) in [6.07, 6.45) is 1.28. The van der Waals surface area contributed by atoms with Gasteiger partial charge in [-0.05, 0) is 12.5 Å². The molecule has 28 heavy (non-hydrogen) atoms. The van der Waals surface area contributed by atoms with Crippen LogP contribution in [0.5, 0.6) is 5.75 Å². The molecule has 10 heteroatoms. The SMILES string of the molecule is C=C1COc2c(N3CCC(NC=O)C3)c(F)cc3c(=O)c4c(=O)[nH]oc4n1c23. The van der Waals surface area contributed by atoms with Gasteiger partial charge in [0.15, 0.2) is 17.0 Å². The number of fused-ring (bicyclic) bond motifs is 2. The van der Waals surface area contributed by atoms with Gasteiger partial charge in [-0.15, -0.1) is 0 Å². The van der Waals surface area contributed by atoms with Crippen molar-refractivity contribution in [3.63, 3.8) is 0 Å². The molecule has 3 aromatic rings. The number of rotatable bonds is 3. The molecule has 0 spiro atoms. The fraction of sp³-hybridized carbons (Fsp3) is 0.278. The third-order valence-electron chi connectivity index (χ3n) is 5.27. The summed E-state index contributed by atoms with van der Waals surface area (Å²) in [5.74, 6) is -0.443. The number of hydrogen-bond donors (Lipinski definition) is 2. The van der Waals surface area contributed by atoms with E-state index in [2.05, 4.69) is 17.1 Å². The zero-order valence-electron chi connectivity index (χ0n) is 14.6. The first-order valence-electron chi connectivity index (χ1n) is 8.69. The molecule has 2 aliphatic heterocycles. The average Bonchev–Trinajstić information content (AvgIpc) is 3.27. The van der Waals surface area contributed by atoms with Crippen LogP contribution >= 0.6 is 0 Å². The van der Waals surface area contributed by atoms with Crippen molar-refractivity contribution in [3.8, 4) is 5.75 Å². The zero-order valence-corrected chi connectivity index (χ0v) is 14.6. The number of aromatic amines is 1. The Balaban J connectivity index is 1.84. The largest absolute Gasteiger partial charge is 0.483 e. The number of nitrogens with zero attached hydrogens (tertiary/aromatic N) is 2. The molecule has 1 atom stereocenters. The average molecular weight is 386 g/mol. The highest BCUT2D eigenvalue weighted by atomic mass is 19.1. The molecule has 0 aliphatic carbocycles. The van der Waals surface area contributed by atoms with Crippen molar-refractivity contribution in [2.24, 2.45) is 0 Å². The molecule has 2 aromatic heterocycles. The Labute approximate surface area is 155 Å². The van der Waals surface area contributed by atoms with E-state index in [1.165, 1.54) is 4.57 Å². The second-order valence-electron chi connectivity index (χ2n) is 6.88. The third kappa shape index (κ3) is 2.08. The van der Waals surface area contributed by atoms with Gasteiger partial charge in [-0.25, -0.2) is 4.39 Å². The van der Waals surface area contributed by atoms with Crippen LogP contribution in [-0.4, -0.2) is 41.9 Å². The van der Waals surface area contributed by atoms with Crippen LogP contribution < -0.4 is 25.9 Å². The summed E-state index contributed by atoms with van der Waals surface area (Å²) in [5, 5.41) is 4.68. The van der Waals surface area contributed by atoms with Crippen molar-refractivity contribution in [2.45, 2.75) is 12.5 Å². The number of nitrogens with one attached hydrogen (secondary N) is 2. The summed E-state index contributed by atoms with van der Waals surface area (Å²) in [5.41, 5.74) is -0.331. The van der Waals surface area contributed by atoms with Gasteiger partial charge < -0.3 is 19.5 Å². The van der Waals surface area contributed by atoms with Gasteiger partial charge in [-0.1, -0.05) is 6.58 Å². The first-order valence-corrected chi connectivity index (χ1v) is 8.69. The lowest BCUT2D eigenvalue weighted by Crippen LogP contribution is -2.32. The van der Waals surface area contributed by atoms with Gasteiger partial charge in [-0.2, -0.15) is 5.16 Å². The summed E-state index contributed by atoms with van der Waals surface area (Å²) >= 11 is 0. The van der Waals surface area contributed by atoms with Gasteiger partial charge in [0.05, 0.1) is 11.1 Å². The summed E-state index contributed by atoms with van der Waals surface area (Å²) in [6.45, 7) is 4.87. The summed E-state index contributed by atoms with van der Waals surface area (Å²) in [7, 11) is 0. The molecule has 1 fully saturated rings. The van der Waals surface area contributed by atoms with Crippen molar-refractivity contribution < 1.29 is 18.4 Å². The lowest BCUT2D eigenvalue weighted by atomic mass is 10.1. The minimum absolute atomic E-state index is 0.0123. The highest BCUT2D eigenvalue weighted by Crippen LogP contribution is 2.43. The number of benzene rings is 1. The highest BCUT2D eigenvalue weighted by molar-refractivity contribution is 6.01. The van der Waals surface area contributed by atoms with Gasteiger partial charge in [-0.3, -0.25) is 19.0 Å². The van der Waals surface area contributed by atoms with Crippen LogP contribution in [-0.2, 0) is 4.79 Å². The van der Waals surface area contributed by atoms with Crippen LogP contribution in [0, 0.1) is 5.82 Å². The van der Waals surface area contributed by atoms with E-state index in [-0.39, 0.29) is 40.6 Å². The molecule has 0 bridgehead atoms. The number of aromatic nitrogens is 2. The number of carbonyl (C=O) groups excluding carboxylic acids is 1. The van der Waals surface area contributed by atoms with Crippen LogP contribution in [0.3, 0.4) is 0 Å². The molecule has 2 N–H and O–H groups in total. The van der Waals surface area contributed by atoms with Gasteiger partial charge >= 0.3 is 0 Å². The molecule has 144 valence electrons. The van der Waals surface area contributed by atoms with Crippen LogP contribution in [0.25, 0.3) is 27.7 Å². The van der Waals surface area contributed by atoms with Crippen molar-refractivity contribution in [1.29, 1.82) is 0 Å². The van der Waals surface area contributed by atoms with Crippen LogP contribution in [0.1, 0.15) is 6.42 Å². The Morgan fingerprint density at radius 1 is 1.39 bits per heavy atom. The molecule has 2 aliphatic rings. The zero-order chi connectivity index (χ0) is 19.6. The third-order valence-corrected chi connectivity index (χ3v) is 5.27. The Morgan fingerprint density at radius 3 is 3.00 bits per heavy atom. The minimum atomic E-state index is -0.682. The van der Waals surface area contributed by atoms with E-state index in [1.54, 1.807) is 4.90 Å². The normalized spacial score (nSPS) is 18.7. The fourth-order valence-electron chi connectivity index (χ4n) is 4.04. The number of halogens is 1. The van der Waals surface area contributed by atoms with Crippen molar-refractivity contribution >= 4 is 39.8 Å². The van der Waals surface area contributed by atoms with E-state index < -0.39 is 16.8 Å². The van der Waals surface area contributed by atoms with E-state index in [0.29, 0.717) is 37.1 Å². The molecule has 5 rings (SSSR count). The highest BCUT2D eigenvalue weighted by Gasteiger charge is 2.33. The number of carbonyl (C=O) groups is 1. The monoisotopic (exact) mass is 386 g/mol. The van der Waals surface area contributed by atoms with Crippen LogP contribution in [0.2, 0.25) is 0 Å². The van der Waals surface area contributed by atoms with E-state index in [9.17, 15) is 14.4 Å². The molecule has 1 amide bonds. The number of ether oxygens (including phenoxy) is 1. The topological polar surface area (TPSA) is 110 Å². The van der Waals surface area contributed by atoms with Gasteiger partial charge in [0, 0.05) is 19.1 Å². The second kappa shape index (κ2) is 5.72. The molecule has 0 saturated carbocycles. The number of H-pyrrole nitrogens is 1. The summed E-state index contributed by atoms with van der Waals surface area (Å²) in [4.78, 5) is 37.3. The predicted octanol–water partition coefficient (Wildman–Crippen LogP) is 0.763.